The number of aryl methyl sites for hydroxylation is 2. The van der Waals surface area contributed by atoms with Gasteiger partial charge in [-0.3, -0.25) is 0 Å². The average Bonchev–Trinajstić information content (AvgIpc) is 3.32. The first-order valence-electron chi connectivity index (χ1n) is 13.0. The molecule has 0 saturated heterocycles. The molecule has 6 rings (SSSR count). The number of aromatic nitrogens is 1. The molecule has 2 heterocycles. The second-order valence-corrected chi connectivity index (χ2v) is 8.09. The van der Waals surface area contributed by atoms with Gasteiger partial charge in [0.2, 0.25) is 5.69 Å². The zero-order valence-electron chi connectivity index (χ0n) is 22.8. The van der Waals surface area contributed by atoms with Gasteiger partial charge in [-0.25, -0.2) is 4.57 Å². The van der Waals surface area contributed by atoms with Crippen LogP contribution >= 0.6 is 0 Å². The Hall–Kier alpha value is -3.39. The van der Waals surface area contributed by atoms with Gasteiger partial charge < -0.3 is 4.42 Å². The highest BCUT2D eigenvalue weighted by Crippen LogP contribution is 2.53. The fourth-order valence-electron chi connectivity index (χ4n) is 4.90. The second kappa shape index (κ2) is 5.82. The first-order chi connectivity index (χ1) is 17.0. The number of rotatable bonds is 1. The molecule has 0 amide bonds. The molecule has 146 valence electrons. The van der Waals surface area contributed by atoms with Crippen LogP contribution in [0.2, 0.25) is 0 Å². The first kappa shape index (κ1) is 12.3. The molecule has 0 atom stereocenters. The summed E-state index contributed by atoms with van der Waals surface area (Å²) in [6.07, 6.45) is 1.98. The van der Waals surface area contributed by atoms with Crippen LogP contribution in [0.15, 0.2) is 77.3 Å². The third-order valence-electron chi connectivity index (χ3n) is 6.33. The van der Waals surface area contributed by atoms with E-state index in [1.54, 1.807) is 24.3 Å². The van der Waals surface area contributed by atoms with E-state index in [1.807, 2.05) is 67.2 Å². The lowest BCUT2D eigenvalue weighted by Gasteiger charge is -2.21. The van der Waals surface area contributed by atoms with Gasteiger partial charge in [0.1, 0.15) is 18.2 Å². The number of pyridine rings is 1. The Labute approximate surface area is 184 Å². The minimum absolute atomic E-state index is 0.297. The SMILES string of the molecule is [2H]C([2H])([2H])C1(C([2H])([2H])[2H])c2ccccc2-c2c1ccc1oc3c(-c4cccc[n+]4C)c(C)ccc3c21. The molecule has 0 saturated carbocycles. The Morgan fingerprint density at radius 1 is 0.867 bits per heavy atom. The standard InChI is InChI=1S/C28H24NO/c1-17-12-13-19-26-23(30-27(19)24(17)22-11-7-8-16-29(22)4)15-14-21-25(26)18-9-5-6-10-20(18)28(21,2)3/h5-16H,1-4H3/q+1/i2D3,3D3. The number of hydrogen-bond acceptors (Lipinski definition) is 1. The Kier molecular flexibility index (Phi) is 2.39. The largest absolute Gasteiger partial charge is 0.455 e. The maximum Gasteiger partial charge on any atom is 0.216 e. The highest BCUT2D eigenvalue weighted by Gasteiger charge is 2.37. The zero-order valence-corrected chi connectivity index (χ0v) is 16.8. The number of hydrogen-bond donors (Lipinski definition) is 0. The van der Waals surface area contributed by atoms with E-state index in [-0.39, 0.29) is 0 Å². The van der Waals surface area contributed by atoms with E-state index in [4.69, 9.17) is 12.6 Å². The molecule has 0 bridgehead atoms. The molecule has 0 radical (unpaired) electrons. The van der Waals surface area contributed by atoms with Gasteiger partial charge in [0.25, 0.3) is 0 Å². The topological polar surface area (TPSA) is 17.0 Å². The van der Waals surface area contributed by atoms with E-state index in [0.29, 0.717) is 33.4 Å². The Morgan fingerprint density at radius 3 is 2.53 bits per heavy atom. The maximum absolute atomic E-state index is 8.47. The molecule has 0 aliphatic heterocycles. The fraction of sp³-hybridized carbons (Fsp3) is 0.179. The van der Waals surface area contributed by atoms with Crippen LogP contribution in [0, 0.1) is 6.92 Å². The summed E-state index contributed by atoms with van der Waals surface area (Å²) in [6.45, 7) is -3.57. The monoisotopic (exact) mass is 396 g/mol. The lowest BCUT2D eigenvalue weighted by atomic mass is 9.82. The van der Waals surface area contributed by atoms with Crippen LogP contribution in [-0.4, -0.2) is 0 Å². The van der Waals surface area contributed by atoms with Gasteiger partial charge in [0, 0.05) is 36.5 Å². The average molecular weight is 397 g/mol. The molecule has 2 aromatic heterocycles. The van der Waals surface area contributed by atoms with Crippen molar-refractivity contribution in [2.75, 3.05) is 0 Å². The molecule has 5 aromatic rings. The smallest absolute Gasteiger partial charge is 0.216 e. The van der Waals surface area contributed by atoms with Crippen LogP contribution in [0.1, 0.15) is 38.6 Å². The van der Waals surface area contributed by atoms with Crippen LogP contribution in [0.3, 0.4) is 0 Å². The zero-order chi connectivity index (χ0) is 25.6. The van der Waals surface area contributed by atoms with E-state index in [2.05, 4.69) is 0 Å². The van der Waals surface area contributed by atoms with E-state index >= 15 is 0 Å². The molecule has 3 aromatic carbocycles. The fourth-order valence-corrected chi connectivity index (χ4v) is 4.90. The minimum Gasteiger partial charge on any atom is -0.455 e. The minimum atomic E-state index is -2.80. The molecule has 2 nitrogen and oxygen atoms in total. The van der Waals surface area contributed by atoms with E-state index in [1.165, 1.54) is 0 Å². The van der Waals surface area contributed by atoms with Crippen molar-refractivity contribution in [3.05, 3.63) is 89.6 Å². The van der Waals surface area contributed by atoms with Gasteiger partial charge in [-0.05, 0) is 46.9 Å². The predicted molar refractivity (Wildman–Crippen MR) is 123 cm³/mol. The van der Waals surface area contributed by atoms with Gasteiger partial charge in [0.05, 0.1) is 5.56 Å². The molecule has 1 aliphatic rings. The van der Waals surface area contributed by atoms with E-state index in [9.17, 15) is 0 Å². The van der Waals surface area contributed by atoms with Crippen LogP contribution in [0.25, 0.3) is 44.3 Å². The quantitative estimate of drug-likeness (QED) is 0.288. The van der Waals surface area contributed by atoms with Crippen molar-refractivity contribution in [2.24, 2.45) is 7.05 Å². The molecule has 30 heavy (non-hydrogen) atoms. The summed E-state index contributed by atoms with van der Waals surface area (Å²) in [5, 5.41) is 1.57. The second-order valence-electron chi connectivity index (χ2n) is 8.09. The summed E-state index contributed by atoms with van der Waals surface area (Å²) < 4.78 is 59.3. The molecule has 0 fully saturated rings. The van der Waals surface area contributed by atoms with Gasteiger partial charge in [0.15, 0.2) is 6.20 Å². The third kappa shape index (κ3) is 2.11. The molecular weight excluding hydrogens is 366 g/mol. The number of fused-ring (bicyclic) bond motifs is 7. The van der Waals surface area contributed by atoms with Gasteiger partial charge in [-0.2, -0.15) is 0 Å². The summed E-state index contributed by atoms with van der Waals surface area (Å²) in [5.41, 5.74) is 3.98. The Bertz CT molecular complexity index is 1680. The van der Waals surface area contributed by atoms with Crippen molar-refractivity contribution >= 4 is 21.9 Å². The van der Waals surface area contributed by atoms with Crippen molar-refractivity contribution in [2.45, 2.75) is 26.0 Å². The highest BCUT2D eigenvalue weighted by molar-refractivity contribution is 6.17. The predicted octanol–water partition coefficient (Wildman–Crippen LogP) is 6.69. The van der Waals surface area contributed by atoms with Crippen molar-refractivity contribution in [1.82, 2.24) is 0 Å². The lowest BCUT2D eigenvalue weighted by Crippen LogP contribution is -2.30. The van der Waals surface area contributed by atoms with Crippen molar-refractivity contribution in [3.8, 4) is 22.4 Å². The van der Waals surface area contributed by atoms with Crippen molar-refractivity contribution in [1.29, 1.82) is 0 Å². The van der Waals surface area contributed by atoms with Gasteiger partial charge in [-0.1, -0.05) is 56.2 Å². The summed E-state index contributed by atoms with van der Waals surface area (Å²) >= 11 is 0. The molecule has 0 unspecified atom stereocenters. The van der Waals surface area contributed by atoms with E-state index in [0.717, 1.165) is 27.6 Å². The molecular formula is C28H24NO+. The van der Waals surface area contributed by atoms with Crippen LogP contribution in [0.4, 0.5) is 0 Å². The molecule has 1 aliphatic carbocycles. The van der Waals surface area contributed by atoms with Gasteiger partial charge >= 0.3 is 0 Å². The Balaban J connectivity index is 1.81. The number of furan rings is 1. The summed E-state index contributed by atoms with van der Waals surface area (Å²) in [7, 11) is 1.98. The summed E-state index contributed by atoms with van der Waals surface area (Å²) in [5.74, 6) is 0. The number of nitrogens with zero attached hydrogens (tertiary/aromatic N) is 1. The van der Waals surface area contributed by atoms with Crippen LogP contribution in [-0.2, 0) is 12.5 Å². The van der Waals surface area contributed by atoms with Crippen molar-refractivity contribution < 1.29 is 17.2 Å². The van der Waals surface area contributed by atoms with Gasteiger partial charge in [-0.15, -0.1) is 0 Å². The molecule has 2 heteroatoms. The van der Waals surface area contributed by atoms with E-state index < -0.39 is 19.1 Å². The van der Waals surface area contributed by atoms with Crippen LogP contribution < -0.4 is 4.57 Å². The number of benzene rings is 3. The normalized spacial score (nSPS) is 18.1. The third-order valence-corrected chi connectivity index (χ3v) is 6.33. The summed E-state index contributed by atoms with van der Waals surface area (Å²) in [6, 6.07) is 20.3. The molecule has 0 spiro atoms. The Morgan fingerprint density at radius 2 is 1.70 bits per heavy atom. The maximum atomic E-state index is 8.47. The first-order valence-corrected chi connectivity index (χ1v) is 10.0. The summed E-state index contributed by atoms with van der Waals surface area (Å²) in [4.78, 5) is 0. The van der Waals surface area contributed by atoms with Crippen molar-refractivity contribution in [3.63, 3.8) is 0 Å². The molecule has 0 N–H and O–H groups in total. The highest BCUT2D eigenvalue weighted by atomic mass is 16.3. The van der Waals surface area contributed by atoms with Crippen LogP contribution in [0.5, 0.6) is 0 Å². The lowest BCUT2D eigenvalue weighted by molar-refractivity contribution is -0.660.